The maximum absolute atomic E-state index is 12.2. The van der Waals surface area contributed by atoms with E-state index in [2.05, 4.69) is 23.4 Å². The number of benzene rings is 1. The van der Waals surface area contributed by atoms with Gasteiger partial charge in [-0.15, -0.1) is 0 Å². The third kappa shape index (κ3) is 3.52. The zero-order valence-electron chi connectivity index (χ0n) is 10.9. The predicted molar refractivity (Wildman–Crippen MR) is 78.2 cm³/mol. The molecule has 0 radical (unpaired) electrons. The van der Waals surface area contributed by atoms with Crippen LogP contribution in [-0.2, 0) is 0 Å². The number of thioether (sulfide) groups is 1. The van der Waals surface area contributed by atoms with Crippen molar-refractivity contribution >= 4 is 17.7 Å². The van der Waals surface area contributed by atoms with Crippen LogP contribution in [0.3, 0.4) is 0 Å². The van der Waals surface area contributed by atoms with Crippen LogP contribution in [0.1, 0.15) is 28.8 Å². The molecule has 2 rings (SSSR count). The van der Waals surface area contributed by atoms with E-state index in [0.29, 0.717) is 17.7 Å². The zero-order valence-corrected chi connectivity index (χ0v) is 11.7. The lowest BCUT2D eigenvalue weighted by Gasteiger charge is -2.13. The summed E-state index contributed by atoms with van der Waals surface area (Å²) in [5.41, 5.74) is 1.23. The monoisotopic (exact) mass is 275 g/mol. The Hall–Kier alpha value is -1.44. The Morgan fingerprint density at radius 1 is 1.47 bits per heavy atom. The molecular weight excluding hydrogens is 258 g/mol. The first-order valence-electron chi connectivity index (χ1n) is 6.23. The minimum absolute atomic E-state index is 0.0943. The number of aliphatic hydroxyl groups excluding tert-OH is 1. The van der Waals surface area contributed by atoms with Crippen molar-refractivity contribution in [3.63, 3.8) is 0 Å². The smallest absolute Gasteiger partial charge is 0.252 e. The lowest BCUT2D eigenvalue weighted by atomic mass is 10.1. The maximum Gasteiger partial charge on any atom is 0.252 e. The van der Waals surface area contributed by atoms with Gasteiger partial charge in [0.1, 0.15) is 6.61 Å². The molecular formula is C15H17NO2S. The van der Waals surface area contributed by atoms with Gasteiger partial charge < -0.3 is 10.4 Å². The fourth-order valence-electron chi connectivity index (χ4n) is 1.85. The molecule has 1 amide bonds. The topological polar surface area (TPSA) is 49.3 Å². The molecule has 0 atom stereocenters. The molecule has 100 valence electrons. The number of carbonyl (C=O) groups excluding carboxylic acids is 1. The third-order valence-corrected chi connectivity index (χ3v) is 4.70. The van der Waals surface area contributed by atoms with E-state index in [0.717, 1.165) is 0 Å². The number of amides is 1. The Morgan fingerprint density at radius 2 is 2.21 bits per heavy atom. The van der Waals surface area contributed by atoms with Crippen LogP contribution >= 0.6 is 11.8 Å². The van der Waals surface area contributed by atoms with Gasteiger partial charge >= 0.3 is 0 Å². The summed E-state index contributed by atoms with van der Waals surface area (Å²) in [7, 11) is 0. The first kappa shape index (κ1) is 14.0. The van der Waals surface area contributed by atoms with E-state index < -0.39 is 0 Å². The highest BCUT2D eigenvalue weighted by Gasteiger charge is 2.41. The second-order valence-electron chi connectivity index (χ2n) is 4.58. The summed E-state index contributed by atoms with van der Waals surface area (Å²) in [4.78, 5) is 12.2. The highest BCUT2D eigenvalue weighted by Crippen LogP contribution is 2.46. The molecule has 2 N–H and O–H groups in total. The highest BCUT2D eigenvalue weighted by molar-refractivity contribution is 8.00. The fourth-order valence-corrected chi connectivity index (χ4v) is 2.58. The first-order chi connectivity index (χ1) is 9.21. The molecule has 0 unspecified atom stereocenters. The molecule has 0 aliphatic heterocycles. The van der Waals surface area contributed by atoms with Crippen molar-refractivity contribution in [2.75, 3.05) is 19.4 Å². The standard InChI is InChI=1S/C15H17NO2S/c1-19-15(8-9-15)11-16-14(18)13-7-3-2-5-12(13)6-4-10-17/h2-3,5,7,17H,8-11H2,1H3,(H,16,18). The molecule has 1 fully saturated rings. The molecule has 1 aromatic rings. The Morgan fingerprint density at radius 3 is 2.84 bits per heavy atom. The normalized spacial score (nSPS) is 15.3. The number of carbonyl (C=O) groups is 1. The lowest BCUT2D eigenvalue weighted by molar-refractivity contribution is 0.0953. The van der Waals surface area contributed by atoms with E-state index in [9.17, 15) is 4.79 Å². The van der Waals surface area contributed by atoms with Crippen molar-refractivity contribution in [1.82, 2.24) is 5.32 Å². The van der Waals surface area contributed by atoms with Gasteiger partial charge in [0.05, 0.1) is 5.56 Å². The van der Waals surface area contributed by atoms with E-state index in [-0.39, 0.29) is 17.3 Å². The van der Waals surface area contributed by atoms with E-state index in [1.54, 1.807) is 12.1 Å². The van der Waals surface area contributed by atoms with Crippen molar-refractivity contribution in [2.45, 2.75) is 17.6 Å². The van der Waals surface area contributed by atoms with Gasteiger partial charge in [-0.3, -0.25) is 4.79 Å². The Bertz CT molecular complexity index is 526. The van der Waals surface area contributed by atoms with Crippen molar-refractivity contribution in [1.29, 1.82) is 0 Å². The van der Waals surface area contributed by atoms with Crippen LogP contribution in [0.2, 0.25) is 0 Å². The van der Waals surface area contributed by atoms with Gasteiger partial charge in [0.2, 0.25) is 0 Å². The Labute approximate surface area is 117 Å². The zero-order chi connectivity index (χ0) is 13.7. The van der Waals surface area contributed by atoms with E-state index in [1.807, 2.05) is 23.9 Å². The number of rotatable bonds is 4. The molecule has 0 heterocycles. The van der Waals surface area contributed by atoms with Crippen LogP contribution in [0.15, 0.2) is 24.3 Å². The molecule has 0 saturated heterocycles. The molecule has 19 heavy (non-hydrogen) atoms. The van der Waals surface area contributed by atoms with Crippen molar-refractivity contribution < 1.29 is 9.90 Å². The first-order valence-corrected chi connectivity index (χ1v) is 7.45. The Kier molecular flexibility index (Phi) is 4.52. The van der Waals surface area contributed by atoms with Gasteiger partial charge in [0, 0.05) is 16.9 Å². The molecule has 4 heteroatoms. The molecule has 3 nitrogen and oxygen atoms in total. The summed E-state index contributed by atoms with van der Waals surface area (Å²) in [6, 6.07) is 7.21. The molecule has 1 saturated carbocycles. The predicted octanol–water partition coefficient (Wildman–Crippen LogP) is 1.66. The van der Waals surface area contributed by atoms with E-state index in [1.165, 1.54) is 12.8 Å². The summed E-state index contributed by atoms with van der Waals surface area (Å²) in [6.07, 6.45) is 4.42. The average molecular weight is 275 g/mol. The number of aliphatic hydroxyl groups is 1. The summed E-state index contributed by atoms with van der Waals surface area (Å²) in [5.74, 6) is 5.29. The van der Waals surface area contributed by atoms with Crippen LogP contribution < -0.4 is 5.32 Å². The fraction of sp³-hybridized carbons (Fsp3) is 0.400. The molecule has 1 aliphatic rings. The van der Waals surface area contributed by atoms with Crippen LogP contribution in [0, 0.1) is 11.8 Å². The third-order valence-electron chi connectivity index (χ3n) is 3.29. The summed E-state index contributed by atoms with van der Waals surface area (Å²) in [6.45, 7) is 0.500. The molecule has 1 aliphatic carbocycles. The van der Waals surface area contributed by atoms with Crippen molar-refractivity contribution in [3.8, 4) is 11.8 Å². The summed E-state index contributed by atoms with van der Waals surface area (Å²) >= 11 is 1.82. The number of hydrogen-bond donors (Lipinski definition) is 2. The van der Waals surface area contributed by atoms with Gasteiger partial charge in [-0.1, -0.05) is 24.0 Å². The van der Waals surface area contributed by atoms with Crippen LogP contribution in [0.25, 0.3) is 0 Å². The van der Waals surface area contributed by atoms with Crippen LogP contribution in [-0.4, -0.2) is 35.2 Å². The number of hydrogen-bond acceptors (Lipinski definition) is 3. The van der Waals surface area contributed by atoms with Gasteiger partial charge in [-0.05, 0) is 31.2 Å². The second-order valence-corrected chi connectivity index (χ2v) is 5.85. The maximum atomic E-state index is 12.2. The van der Waals surface area contributed by atoms with Crippen molar-refractivity contribution in [3.05, 3.63) is 35.4 Å². The molecule has 0 bridgehead atoms. The van der Waals surface area contributed by atoms with Crippen molar-refractivity contribution in [2.24, 2.45) is 0 Å². The molecule has 0 spiro atoms. The number of nitrogens with one attached hydrogen (secondary N) is 1. The lowest BCUT2D eigenvalue weighted by Crippen LogP contribution is -2.32. The highest BCUT2D eigenvalue weighted by atomic mass is 32.2. The van der Waals surface area contributed by atoms with Gasteiger partial charge in [-0.25, -0.2) is 0 Å². The average Bonchev–Trinajstić information content (AvgIpc) is 3.23. The van der Waals surface area contributed by atoms with Crippen LogP contribution in [0.5, 0.6) is 0 Å². The SMILES string of the molecule is CSC1(CNC(=O)c2ccccc2C#CCO)CC1. The largest absolute Gasteiger partial charge is 0.384 e. The summed E-state index contributed by atoms with van der Waals surface area (Å²) in [5, 5.41) is 11.7. The van der Waals surface area contributed by atoms with Crippen LogP contribution in [0.4, 0.5) is 0 Å². The van der Waals surface area contributed by atoms with E-state index in [4.69, 9.17) is 5.11 Å². The molecule has 1 aromatic carbocycles. The summed E-state index contributed by atoms with van der Waals surface area (Å²) < 4.78 is 0.251. The van der Waals surface area contributed by atoms with Gasteiger partial charge in [0.25, 0.3) is 5.91 Å². The Balaban J connectivity index is 2.06. The van der Waals surface area contributed by atoms with Gasteiger partial charge in [0.15, 0.2) is 0 Å². The quantitative estimate of drug-likeness (QED) is 0.822. The van der Waals surface area contributed by atoms with E-state index >= 15 is 0 Å². The molecule has 0 aromatic heterocycles. The van der Waals surface area contributed by atoms with Gasteiger partial charge in [-0.2, -0.15) is 11.8 Å². The second kappa shape index (κ2) is 6.14. The minimum atomic E-state index is -0.203. The minimum Gasteiger partial charge on any atom is -0.384 e.